The number of nitrogens with zero attached hydrogens (tertiary/aromatic N) is 1. The molecule has 2 aliphatic rings. The second-order valence-electron chi connectivity index (χ2n) is 7.51. The van der Waals surface area contributed by atoms with Gasteiger partial charge in [-0.2, -0.15) is 0 Å². The summed E-state index contributed by atoms with van der Waals surface area (Å²) in [6.07, 6.45) is 4.99. The molecule has 0 aliphatic heterocycles. The fourth-order valence-corrected chi connectivity index (χ4v) is 3.30. The number of halogens is 1. The molecule has 4 rings (SSSR count). The first-order chi connectivity index (χ1) is 12.3. The average Bonchev–Trinajstić information content (AvgIpc) is 3.57. The molecule has 2 saturated carbocycles. The van der Waals surface area contributed by atoms with Crippen LogP contribution in [0.4, 0.5) is 0 Å². The van der Waals surface area contributed by atoms with E-state index in [9.17, 15) is 0 Å². The Bertz CT molecular complexity index is 722. The molecule has 2 fully saturated rings. The second kappa shape index (κ2) is 8.42. The van der Waals surface area contributed by atoms with E-state index in [0.29, 0.717) is 6.04 Å². The number of aliphatic imine (C=N–C) groups is 1. The van der Waals surface area contributed by atoms with Gasteiger partial charge in [0.15, 0.2) is 5.96 Å². The molecule has 138 valence electrons. The van der Waals surface area contributed by atoms with Crippen molar-refractivity contribution in [3.05, 3.63) is 71.8 Å². The number of hydrogen-bond acceptors (Lipinski definition) is 1. The molecule has 2 aliphatic carbocycles. The van der Waals surface area contributed by atoms with Gasteiger partial charge in [0.1, 0.15) is 0 Å². The quantitative estimate of drug-likeness (QED) is 0.369. The van der Waals surface area contributed by atoms with Crippen LogP contribution in [0.3, 0.4) is 0 Å². The van der Waals surface area contributed by atoms with Crippen LogP contribution in [0.25, 0.3) is 0 Å². The van der Waals surface area contributed by atoms with E-state index in [1.807, 2.05) is 0 Å². The first-order valence-electron chi connectivity index (χ1n) is 9.43. The summed E-state index contributed by atoms with van der Waals surface area (Å²) in [5.74, 6) is 0.959. The first-order valence-corrected chi connectivity index (χ1v) is 9.43. The minimum Gasteiger partial charge on any atom is -0.354 e. The van der Waals surface area contributed by atoms with Crippen LogP contribution in [0.15, 0.2) is 65.7 Å². The van der Waals surface area contributed by atoms with Crippen LogP contribution >= 0.6 is 24.0 Å². The zero-order valence-corrected chi connectivity index (χ0v) is 17.6. The first kappa shape index (κ1) is 19.2. The molecule has 0 heterocycles. The van der Waals surface area contributed by atoms with Gasteiger partial charge in [-0.3, -0.25) is 4.99 Å². The molecule has 4 heteroatoms. The Morgan fingerprint density at radius 1 is 1.04 bits per heavy atom. The average molecular weight is 461 g/mol. The lowest BCUT2D eigenvalue weighted by molar-refractivity contribution is 0.658. The Hall–Kier alpha value is -1.56. The van der Waals surface area contributed by atoms with Gasteiger partial charge in [-0.05, 0) is 43.7 Å². The molecular weight excluding hydrogens is 433 g/mol. The van der Waals surface area contributed by atoms with Crippen molar-refractivity contribution in [3.63, 3.8) is 0 Å². The lowest BCUT2D eigenvalue weighted by Gasteiger charge is -2.20. The summed E-state index contributed by atoms with van der Waals surface area (Å²) in [6, 6.07) is 22.3. The van der Waals surface area contributed by atoms with Gasteiger partial charge in [-0.15, -0.1) is 24.0 Å². The molecule has 3 nitrogen and oxygen atoms in total. The lowest BCUT2D eigenvalue weighted by Crippen LogP contribution is -2.40. The predicted octanol–water partition coefficient (Wildman–Crippen LogP) is 4.80. The van der Waals surface area contributed by atoms with Crippen LogP contribution in [0.5, 0.6) is 0 Å². The molecule has 0 radical (unpaired) electrons. The Balaban J connectivity index is 0.00000196. The SMILES string of the molecule is CC(NC(=NCC1(c2ccccc2)CC1)NC1CC1)c1ccccc1.I. The normalized spacial score (nSPS) is 19.2. The highest BCUT2D eigenvalue weighted by Crippen LogP contribution is 2.48. The van der Waals surface area contributed by atoms with Crippen LogP contribution in [0, 0.1) is 0 Å². The topological polar surface area (TPSA) is 36.4 Å². The molecule has 1 atom stereocenters. The highest BCUT2D eigenvalue weighted by atomic mass is 127. The van der Waals surface area contributed by atoms with Crippen molar-refractivity contribution in [1.29, 1.82) is 0 Å². The van der Waals surface area contributed by atoms with Gasteiger partial charge in [-0.1, -0.05) is 60.7 Å². The Labute approximate surface area is 173 Å². The molecule has 2 aromatic carbocycles. The Morgan fingerprint density at radius 2 is 1.65 bits per heavy atom. The molecule has 2 N–H and O–H groups in total. The maximum atomic E-state index is 4.97. The zero-order chi connectivity index (χ0) is 17.1. The molecule has 0 spiro atoms. The predicted molar refractivity (Wildman–Crippen MR) is 119 cm³/mol. The molecule has 26 heavy (non-hydrogen) atoms. The monoisotopic (exact) mass is 461 g/mol. The smallest absolute Gasteiger partial charge is 0.191 e. The highest BCUT2D eigenvalue weighted by Gasteiger charge is 2.44. The summed E-state index contributed by atoms with van der Waals surface area (Å²) in [4.78, 5) is 4.97. The fraction of sp³-hybridized carbons (Fsp3) is 0.409. The minimum atomic E-state index is 0. The third-order valence-corrected chi connectivity index (χ3v) is 5.35. The molecule has 0 saturated heterocycles. The third kappa shape index (κ3) is 4.78. The molecule has 0 aromatic heterocycles. The largest absolute Gasteiger partial charge is 0.354 e. The summed E-state index contributed by atoms with van der Waals surface area (Å²) >= 11 is 0. The molecular formula is C22H28IN3. The highest BCUT2D eigenvalue weighted by molar-refractivity contribution is 14.0. The fourth-order valence-electron chi connectivity index (χ4n) is 3.30. The van der Waals surface area contributed by atoms with Gasteiger partial charge in [0.2, 0.25) is 0 Å². The van der Waals surface area contributed by atoms with Crippen molar-refractivity contribution < 1.29 is 0 Å². The maximum Gasteiger partial charge on any atom is 0.191 e. The summed E-state index contributed by atoms with van der Waals surface area (Å²) in [6.45, 7) is 3.06. The second-order valence-corrected chi connectivity index (χ2v) is 7.51. The van der Waals surface area contributed by atoms with Gasteiger partial charge in [0.05, 0.1) is 12.6 Å². The minimum absolute atomic E-state index is 0. The van der Waals surface area contributed by atoms with Crippen LogP contribution in [-0.2, 0) is 5.41 Å². The molecule has 0 amide bonds. The van der Waals surface area contributed by atoms with Crippen LogP contribution in [0.2, 0.25) is 0 Å². The lowest BCUT2D eigenvalue weighted by atomic mass is 9.96. The van der Waals surface area contributed by atoms with Gasteiger partial charge in [0.25, 0.3) is 0 Å². The van der Waals surface area contributed by atoms with Crippen LogP contribution in [-0.4, -0.2) is 18.5 Å². The molecule has 0 bridgehead atoms. The zero-order valence-electron chi connectivity index (χ0n) is 15.3. The van der Waals surface area contributed by atoms with Gasteiger partial charge < -0.3 is 10.6 Å². The van der Waals surface area contributed by atoms with Crippen LogP contribution in [0.1, 0.15) is 49.8 Å². The van der Waals surface area contributed by atoms with Crippen molar-refractivity contribution in [2.24, 2.45) is 4.99 Å². The van der Waals surface area contributed by atoms with Crippen molar-refractivity contribution >= 4 is 29.9 Å². The summed E-state index contributed by atoms with van der Waals surface area (Å²) < 4.78 is 0. The van der Waals surface area contributed by atoms with Crippen molar-refractivity contribution in [1.82, 2.24) is 10.6 Å². The van der Waals surface area contributed by atoms with Gasteiger partial charge >= 0.3 is 0 Å². The van der Waals surface area contributed by atoms with Gasteiger partial charge in [-0.25, -0.2) is 0 Å². The standard InChI is InChI=1S/C22H27N3.HI/c1-17(18-8-4-2-5-9-18)24-21(25-20-12-13-20)23-16-22(14-15-22)19-10-6-3-7-11-19;/h2-11,17,20H,12-16H2,1H3,(H2,23,24,25);1H. The van der Waals surface area contributed by atoms with E-state index in [2.05, 4.69) is 78.2 Å². The van der Waals surface area contributed by atoms with E-state index in [0.717, 1.165) is 12.5 Å². The Morgan fingerprint density at radius 3 is 2.23 bits per heavy atom. The van der Waals surface area contributed by atoms with E-state index in [-0.39, 0.29) is 35.4 Å². The van der Waals surface area contributed by atoms with Crippen molar-refractivity contribution in [2.45, 2.75) is 50.1 Å². The van der Waals surface area contributed by atoms with E-state index in [1.165, 1.54) is 36.8 Å². The Kier molecular flexibility index (Phi) is 6.22. The van der Waals surface area contributed by atoms with Crippen LogP contribution < -0.4 is 10.6 Å². The summed E-state index contributed by atoms with van der Waals surface area (Å²) in [7, 11) is 0. The van der Waals surface area contributed by atoms with E-state index >= 15 is 0 Å². The maximum absolute atomic E-state index is 4.97. The van der Waals surface area contributed by atoms with E-state index in [1.54, 1.807) is 0 Å². The third-order valence-electron chi connectivity index (χ3n) is 5.35. The molecule has 1 unspecified atom stereocenters. The number of nitrogens with one attached hydrogen (secondary N) is 2. The van der Waals surface area contributed by atoms with Crippen molar-refractivity contribution in [3.8, 4) is 0 Å². The van der Waals surface area contributed by atoms with E-state index < -0.39 is 0 Å². The summed E-state index contributed by atoms with van der Waals surface area (Å²) in [5.41, 5.74) is 2.98. The van der Waals surface area contributed by atoms with Crippen molar-refractivity contribution in [2.75, 3.05) is 6.54 Å². The summed E-state index contributed by atoms with van der Waals surface area (Å²) in [5, 5.41) is 7.18. The number of hydrogen-bond donors (Lipinski definition) is 2. The number of guanidine groups is 1. The van der Waals surface area contributed by atoms with Gasteiger partial charge in [0, 0.05) is 11.5 Å². The molecule has 2 aromatic rings. The number of rotatable bonds is 6. The van der Waals surface area contributed by atoms with E-state index in [4.69, 9.17) is 4.99 Å². The number of benzene rings is 2.